The minimum Gasteiger partial charge on any atom is -0.312 e. The van der Waals surface area contributed by atoms with Crippen LogP contribution in [-0.2, 0) is 0 Å². The molecule has 0 radical (unpaired) electrons. The molecule has 0 aromatic rings. The maximum absolute atomic E-state index is 3.71. The molecule has 0 amide bonds. The van der Waals surface area contributed by atoms with Crippen LogP contribution in [0.2, 0.25) is 0 Å². The summed E-state index contributed by atoms with van der Waals surface area (Å²) in [4.78, 5) is 0. The highest BCUT2D eigenvalue weighted by Gasteiger charge is 2.20. The lowest BCUT2D eigenvalue weighted by Gasteiger charge is -2.28. The molecular formula is C13H25NS. The summed E-state index contributed by atoms with van der Waals surface area (Å²) in [5.41, 5.74) is 0. The lowest BCUT2D eigenvalue weighted by Crippen LogP contribution is -2.26. The summed E-state index contributed by atoms with van der Waals surface area (Å²) in [6, 6.07) is 0. The molecule has 15 heavy (non-hydrogen) atoms. The minimum absolute atomic E-state index is 0.736. The zero-order chi connectivity index (χ0) is 11.1. The van der Waals surface area contributed by atoms with Crippen molar-refractivity contribution in [1.82, 2.24) is 5.32 Å². The Kier molecular flexibility index (Phi) is 6.42. The Morgan fingerprint density at radius 1 is 1.53 bits per heavy atom. The van der Waals surface area contributed by atoms with Gasteiger partial charge in [0, 0.05) is 23.6 Å². The Labute approximate surface area is 99.1 Å². The average Bonchev–Trinajstić information content (AvgIpc) is 2.18. The van der Waals surface area contributed by atoms with Crippen LogP contribution in [0.4, 0.5) is 0 Å². The highest BCUT2D eigenvalue weighted by Crippen LogP contribution is 2.33. The van der Waals surface area contributed by atoms with Gasteiger partial charge in [-0.05, 0) is 18.8 Å². The molecule has 1 fully saturated rings. The largest absolute Gasteiger partial charge is 0.312 e. The first-order valence-electron chi connectivity index (χ1n) is 6.19. The first kappa shape index (κ1) is 13.1. The first-order chi connectivity index (χ1) is 7.22. The van der Waals surface area contributed by atoms with E-state index < -0.39 is 0 Å². The number of hydrogen-bond donors (Lipinski definition) is 1. The SMILES string of the molecule is C=CCNCC(C)SC1CCCC(C)C1. The molecule has 0 aromatic carbocycles. The Bertz CT molecular complexity index is 181. The summed E-state index contributed by atoms with van der Waals surface area (Å²) in [6.07, 6.45) is 7.67. The zero-order valence-corrected chi connectivity index (χ0v) is 11.0. The van der Waals surface area contributed by atoms with Crippen LogP contribution < -0.4 is 5.32 Å². The van der Waals surface area contributed by atoms with Crippen LogP contribution in [0.1, 0.15) is 39.5 Å². The van der Waals surface area contributed by atoms with Crippen LogP contribution in [0.5, 0.6) is 0 Å². The quantitative estimate of drug-likeness (QED) is 0.551. The van der Waals surface area contributed by atoms with E-state index in [1.165, 1.54) is 25.7 Å². The van der Waals surface area contributed by atoms with E-state index in [-0.39, 0.29) is 0 Å². The van der Waals surface area contributed by atoms with E-state index in [1.807, 2.05) is 6.08 Å². The molecule has 88 valence electrons. The molecule has 1 N–H and O–H groups in total. The van der Waals surface area contributed by atoms with Crippen LogP contribution in [0.15, 0.2) is 12.7 Å². The van der Waals surface area contributed by atoms with Crippen LogP contribution in [0.3, 0.4) is 0 Å². The molecule has 1 aliphatic carbocycles. The minimum atomic E-state index is 0.736. The third-order valence-electron chi connectivity index (χ3n) is 3.03. The fraction of sp³-hybridized carbons (Fsp3) is 0.846. The molecule has 0 aromatic heterocycles. The Morgan fingerprint density at radius 3 is 3.00 bits per heavy atom. The first-order valence-corrected chi connectivity index (χ1v) is 7.13. The van der Waals surface area contributed by atoms with E-state index in [1.54, 1.807) is 0 Å². The highest BCUT2D eigenvalue weighted by molar-refractivity contribution is 8.00. The topological polar surface area (TPSA) is 12.0 Å². The molecule has 0 aliphatic heterocycles. The molecule has 2 heteroatoms. The van der Waals surface area contributed by atoms with E-state index in [9.17, 15) is 0 Å². The van der Waals surface area contributed by atoms with Gasteiger partial charge in [0.25, 0.3) is 0 Å². The monoisotopic (exact) mass is 227 g/mol. The second-order valence-electron chi connectivity index (χ2n) is 4.79. The molecule has 0 bridgehead atoms. The van der Waals surface area contributed by atoms with Crippen molar-refractivity contribution < 1.29 is 0 Å². The van der Waals surface area contributed by atoms with E-state index in [0.29, 0.717) is 0 Å². The number of thioether (sulfide) groups is 1. The second kappa shape index (κ2) is 7.34. The van der Waals surface area contributed by atoms with E-state index in [4.69, 9.17) is 0 Å². The molecule has 1 aliphatic rings. The van der Waals surface area contributed by atoms with Crippen molar-refractivity contribution in [2.24, 2.45) is 5.92 Å². The van der Waals surface area contributed by atoms with Crippen LogP contribution in [0, 0.1) is 5.92 Å². The van der Waals surface area contributed by atoms with Gasteiger partial charge in [0.2, 0.25) is 0 Å². The van der Waals surface area contributed by atoms with Crippen molar-refractivity contribution in [3.05, 3.63) is 12.7 Å². The maximum atomic E-state index is 3.71. The van der Waals surface area contributed by atoms with Gasteiger partial charge in [0.15, 0.2) is 0 Å². The van der Waals surface area contributed by atoms with Gasteiger partial charge in [-0.15, -0.1) is 6.58 Å². The van der Waals surface area contributed by atoms with Gasteiger partial charge >= 0.3 is 0 Å². The predicted molar refractivity (Wildman–Crippen MR) is 71.5 cm³/mol. The summed E-state index contributed by atoms with van der Waals surface area (Å²) in [6.45, 7) is 10.5. The lowest BCUT2D eigenvalue weighted by atomic mass is 9.91. The van der Waals surface area contributed by atoms with Crippen molar-refractivity contribution in [2.75, 3.05) is 13.1 Å². The summed E-state index contributed by atoms with van der Waals surface area (Å²) in [5, 5.41) is 5.04. The second-order valence-corrected chi connectivity index (χ2v) is 6.53. The van der Waals surface area contributed by atoms with Gasteiger partial charge in [-0.25, -0.2) is 0 Å². The summed E-state index contributed by atoms with van der Waals surface area (Å²) in [7, 11) is 0. The summed E-state index contributed by atoms with van der Waals surface area (Å²) >= 11 is 2.18. The van der Waals surface area contributed by atoms with E-state index in [0.717, 1.165) is 29.5 Å². The van der Waals surface area contributed by atoms with Crippen molar-refractivity contribution >= 4 is 11.8 Å². The number of rotatable bonds is 6. The van der Waals surface area contributed by atoms with Crippen LogP contribution in [-0.4, -0.2) is 23.6 Å². The molecular weight excluding hydrogens is 202 g/mol. The van der Waals surface area contributed by atoms with Gasteiger partial charge < -0.3 is 5.32 Å². The van der Waals surface area contributed by atoms with Crippen molar-refractivity contribution in [3.8, 4) is 0 Å². The number of nitrogens with one attached hydrogen (secondary N) is 1. The predicted octanol–water partition coefficient (Wildman–Crippen LogP) is 3.46. The molecule has 1 saturated carbocycles. The third kappa shape index (κ3) is 5.62. The van der Waals surface area contributed by atoms with Gasteiger partial charge in [-0.1, -0.05) is 32.8 Å². The van der Waals surface area contributed by atoms with Crippen molar-refractivity contribution in [3.63, 3.8) is 0 Å². The summed E-state index contributed by atoms with van der Waals surface area (Å²) < 4.78 is 0. The molecule has 3 unspecified atom stereocenters. The van der Waals surface area contributed by atoms with E-state index >= 15 is 0 Å². The smallest absolute Gasteiger partial charge is 0.0147 e. The van der Waals surface area contributed by atoms with Gasteiger partial charge in [0.1, 0.15) is 0 Å². The Balaban J connectivity index is 2.13. The van der Waals surface area contributed by atoms with Gasteiger partial charge in [-0.2, -0.15) is 11.8 Å². The third-order valence-corrected chi connectivity index (χ3v) is 4.48. The van der Waals surface area contributed by atoms with E-state index in [2.05, 4.69) is 37.5 Å². The fourth-order valence-corrected chi connectivity index (χ4v) is 3.88. The van der Waals surface area contributed by atoms with Crippen molar-refractivity contribution in [2.45, 2.75) is 50.0 Å². The number of hydrogen-bond acceptors (Lipinski definition) is 2. The summed E-state index contributed by atoms with van der Waals surface area (Å²) in [5.74, 6) is 0.949. The molecule has 1 nitrogen and oxygen atoms in total. The van der Waals surface area contributed by atoms with Crippen molar-refractivity contribution in [1.29, 1.82) is 0 Å². The molecule has 0 heterocycles. The molecule has 0 saturated heterocycles. The van der Waals surface area contributed by atoms with Crippen LogP contribution in [0.25, 0.3) is 0 Å². The fourth-order valence-electron chi connectivity index (χ4n) is 2.27. The molecule has 1 rings (SSSR count). The zero-order valence-electron chi connectivity index (χ0n) is 10.2. The van der Waals surface area contributed by atoms with Gasteiger partial charge in [0.05, 0.1) is 0 Å². The lowest BCUT2D eigenvalue weighted by molar-refractivity contribution is 0.393. The Hall–Kier alpha value is 0.0500. The van der Waals surface area contributed by atoms with Gasteiger partial charge in [-0.3, -0.25) is 0 Å². The maximum Gasteiger partial charge on any atom is 0.0147 e. The Morgan fingerprint density at radius 2 is 2.33 bits per heavy atom. The molecule has 3 atom stereocenters. The average molecular weight is 227 g/mol. The standard InChI is InChI=1S/C13H25NS/c1-4-8-14-10-12(3)15-13-7-5-6-11(2)9-13/h4,11-14H,1,5-10H2,2-3H3. The van der Waals surface area contributed by atoms with Crippen LogP contribution >= 0.6 is 11.8 Å². The normalized spacial score (nSPS) is 28.7. The molecule has 0 spiro atoms. The highest BCUT2D eigenvalue weighted by atomic mass is 32.2.